The molecule has 2 aromatic carbocycles. The topological polar surface area (TPSA) is 82.9 Å². The highest BCUT2D eigenvalue weighted by atomic mass is 32.2. The van der Waals surface area contributed by atoms with E-state index in [9.17, 15) is 23.8 Å². The molecule has 3 atom stereocenters. The number of halogens is 2. The van der Waals surface area contributed by atoms with Crippen LogP contribution in [0.1, 0.15) is 30.9 Å². The first-order valence-corrected chi connectivity index (χ1v) is 13.0. The fourth-order valence-corrected chi connectivity index (χ4v) is 5.85. The number of aromatic nitrogens is 1. The quantitative estimate of drug-likeness (QED) is 0.361. The molecule has 1 aromatic heterocycles. The van der Waals surface area contributed by atoms with Crippen molar-refractivity contribution in [2.45, 2.75) is 30.3 Å². The summed E-state index contributed by atoms with van der Waals surface area (Å²) in [6.45, 7) is 1.63. The van der Waals surface area contributed by atoms with Crippen molar-refractivity contribution in [3.8, 4) is 5.75 Å². The van der Waals surface area contributed by atoms with Crippen molar-refractivity contribution in [3.63, 3.8) is 0 Å². The zero-order valence-electron chi connectivity index (χ0n) is 20.1. The number of hydrogen-bond acceptors (Lipinski definition) is 6. The van der Waals surface area contributed by atoms with E-state index in [0.717, 1.165) is 28.2 Å². The van der Waals surface area contributed by atoms with Crippen LogP contribution in [0.3, 0.4) is 0 Å². The smallest absolute Gasteiger partial charge is 0.308 e. The molecule has 2 heterocycles. The van der Waals surface area contributed by atoms with Crippen molar-refractivity contribution >= 4 is 28.6 Å². The Labute approximate surface area is 213 Å². The maximum absolute atomic E-state index is 13.8. The summed E-state index contributed by atoms with van der Waals surface area (Å²) in [5, 5.41) is 21.7. The zero-order chi connectivity index (χ0) is 25.7. The van der Waals surface area contributed by atoms with E-state index >= 15 is 0 Å². The Morgan fingerprint density at radius 1 is 1.25 bits per heavy atom. The molecule has 6 nitrogen and oxygen atoms in total. The second-order valence-corrected chi connectivity index (χ2v) is 10.2. The van der Waals surface area contributed by atoms with Gasteiger partial charge in [-0.2, -0.15) is 0 Å². The lowest BCUT2D eigenvalue weighted by Gasteiger charge is -2.37. The molecule has 9 heteroatoms. The van der Waals surface area contributed by atoms with Crippen LogP contribution in [0.2, 0.25) is 0 Å². The van der Waals surface area contributed by atoms with E-state index in [-0.39, 0.29) is 10.8 Å². The van der Waals surface area contributed by atoms with Gasteiger partial charge in [0.1, 0.15) is 17.4 Å². The van der Waals surface area contributed by atoms with Crippen LogP contribution in [0.15, 0.2) is 53.6 Å². The number of likely N-dealkylation sites (tertiary alicyclic amines) is 1. The molecule has 1 fully saturated rings. The van der Waals surface area contributed by atoms with E-state index in [2.05, 4.69) is 4.98 Å². The number of ether oxygens (including phenoxy) is 1. The van der Waals surface area contributed by atoms with E-state index in [4.69, 9.17) is 4.74 Å². The van der Waals surface area contributed by atoms with Crippen LogP contribution in [-0.4, -0.2) is 58.6 Å². The summed E-state index contributed by atoms with van der Waals surface area (Å²) in [6.07, 6.45) is 2.62. The highest BCUT2D eigenvalue weighted by Crippen LogP contribution is 2.34. The molecule has 0 amide bonds. The monoisotopic (exact) mass is 516 g/mol. The molecule has 0 bridgehead atoms. The van der Waals surface area contributed by atoms with Gasteiger partial charge in [0.25, 0.3) is 0 Å². The lowest BCUT2D eigenvalue weighted by Crippen LogP contribution is -2.44. The molecular formula is C27H30F2N2O4S. The molecular weight excluding hydrogens is 486 g/mol. The number of benzene rings is 2. The van der Waals surface area contributed by atoms with Crippen molar-refractivity contribution in [2.75, 3.05) is 32.5 Å². The van der Waals surface area contributed by atoms with Gasteiger partial charge < -0.3 is 19.8 Å². The number of thioether (sulfide) groups is 1. The number of pyridine rings is 1. The Kier molecular flexibility index (Phi) is 8.77. The van der Waals surface area contributed by atoms with Gasteiger partial charge in [-0.05, 0) is 73.7 Å². The predicted octanol–water partition coefficient (Wildman–Crippen LogP) is 5.15. The summed E-state index contributed by atoms with van der Waals surface area (Å²) >= 11 is 1.11. The third-order valence-corrected chi connectivity index (χ3v) is 7.95. The highest BCUT2D eigenvalue weighted by molar-refractivity contribution is 7.99. The summed E-state index contributed by atoms with van der Waals surface area (Å²) in [5.41, 5.74) is 1.51. The Bertz CT molecular complexity index is 1190. The number of hydrogen-bond donors (Lipinski definition) is 2. The minimum Gasteiger partial charge on any atom is -0.497 e. The Morgan fingerprint density at radius 2 is 2.03 bits per heavy atom. The number of carbonyl (C=O) groups is 1. The summed E-state index contributed by atoms with van der Waals surface area (Å²) in [6, 6.07) is 11.1. The SMILES string of the molecule is COc1ccc2nccc([C@@H](O)CC[C@@H]3CCN(CCSc4c(F)cccc4F)C[C@@H]3C(=O)O)c2c1. The molecule has 192 valence electrons. The average molecular weight is 517 g/mol. The van der Waals surface area contributed by atoms with Crippen molar-refractivity contribution in [2.24, 2.45) is 11.8 Å². The molecule has 0 aliphatic carbocycles. The summed E-state index contributed by atoms with van der Waals surface area (Å²) in [4.78, 5) is 18.4. The van der Waals surface area contributed by atoms with E-state index < -0.39 is 29.6 Å². The van der Waals surface area contributed by atoms with Crippen molar-refractivity contribution in [1.29, 1.82) is 0 Å². The minimum atomic E-state index is -0.855. The molecule has 1 aliphatic heterocycles. The fraction of sp³-hybridized carbons (Fsp3) is 0.407. The van der Waals surface area contributed by atoms with E-state index in [1.165, 1.54) is 18.2 Å². The number of aliphatic hydroxyl groups is 1. The zero-order valence-corrected chi connectivity index (χ0v) is 20.9. The molecule has 36 heavy (non-hydrogen) atoms. The number of fused-ring (bicyclic) bond motifs is 1. The molecule has 4 rings (SSSR count). The van der Waals surface area contributed by atoms with Crippen LogP contribution in [0, 0.1) is 23.5 Å². The van der Waals surface area contributed by atoms with Gasteiger partial charge in [0.05, 0.1) is 29.5 Å². The largest absolute Gasteiger partial charge is 0.497 e. The fourth-order valence-electron chi connectivity index (χ4n) is 4.89. The first kappa shape index (κ1) is 26.3. The summed E-state index contributed by atoms with van der Waals surface area (Å²) in [5.74, 6) is -1.50. The second kappa shape index (κ2) is 12.0. The number of rotatable bonds is 10. The van der Waals surface area contributed by atoms with Gasteiger partial charge in [0.15, 0.2) is 0 Å². The van der Waals surface area contributed by atoms with Gasteiger partial charge in [-0.25, -0.2) is 8.78 Å². The summed E-state index contributed by atoms with van der Waals surface area (Å²) < 4.78 is 33.0. The van der Waals surface area contributed by atoms with E-state index in [0.29, 0.717) is 50.4 Å². The lowest BCUT2D eigenvalue weighted by atomic mass is 9.81. The molecule has 1 saturated heterocycles. The maximum atomic E-state index is 13.8. The van der Waals surface area contributed by atoms with Crippen molar-refractivity contribution in [3.05, 3.63) is 65.9 Å². The average Bonchev–Trinajstić information content (AvgIpc) is 2.88. The van der Waals surface area contributed by atoms with Gasteiger partial charge in [-0.3, -0.25) is 9.78 Å². The van der Waals surface area contributed by atoms with Gasteiger partial charge in [0.2, 0.25) is 0 Å². The van der Waals surface area contributed by atoms with Crippen LogP contribution in [-0.2, 0) is 4.79 Å². The Morgan fingerprint density at radius 3 is 2.75 bits per heavy atom. The third-order valence-electron chi connectivity index (χ3n) is 6.88. The summed E-state index contributed by atoms with van der Waals surface area (Å²) in [7, 11) is 1.59. The number of carboxylic acids is 1. The number of carboxylic acid groups (broad SMARTS) is 1. The highest BCUT2D eigenvalue weighted by Gasteiger charge is 2.34. The number of aliphatic hydroxyl groups excluding tert-OH is 1. The third kappa shape index (κ3) is 6.14. The van der Waals surface area contributed by atoms with Gasteiger partial charge >= 0.3 is 5.97 Å². The standard InChI is InChI=1S/C27H30F2N2O4S/c1-35-18-6-7-24-20(15-18)19(9-11-30-24)25(32)8-5-17-10-12-31(16-21(17)27(33)34)13-14-36-26-22(28)3-2-4-23(26)29/h2-4,6-7,9,11,15,17,21,25,32H,5,8,10,12-14,16H2,1H3,(H,33,34)/t17-,21+,25+/m1/s1. The first-order chi connectivity index (χ1) is 17.4. The molecule has 0 saturated carbocycles. The molecule has 3 aromatic rings. The molecule has 0 spiro atoms. The van der Waals surface area contributed by atoms with E-state index in [1.807, 2.05) is 23.1 Å². The van der Waals surface area contributed by atoms with E-state index in [1.54, 1.807) is 19.4 Å². The molecule has 2 N–H and O–H groups in total. The maximum Gasteiger partial charge on any atom is 0.308 e. The lowest BCUT2D eigenvalue weighted by molar-refractivity contribution is -0.146. The van der Waals surface area contributed by atoms with Crippen LogP contribution in [0.4, 0.5) is 8.78 Å². The normalized spacial score (nSPS) is 19.3. The van der Waals surface area contributed by atoms with Gasteiger partial charge in [0, 0.05) is 30.4 Å². The second-order valence-electron chi connectivity index (χ2n) is 9.07. The minimum absolute atomic E-state index is 0.00239. The Hall–Kier alpha value is -2.75. The van der Waals surface area contributed by atoms with Crippen LogP contribution in [0.5, 0.6) is 5.75 Å². The van der Waals surface area contributed by atoms with Crippen LogP contribution in [0.25, 0.3) is 10.9 Å². The predicted molar refractivity (Wildman–Crippen MR) is 135 cm³/mol. The molecule has 0 unspecified atom stereocenters. The number of methoxy groups -OCH3 is 1. The number of aliphatic carboxylic acids is 1. The van der Waals surface area contributed by atoms with Crippen molar-refractivity contribution < 1.29 is 28.5 Å². The van der Waals surface area contributed by atoms with Gasteiger partial charge in [-0.1, -0.05) is 6.07 Å². The van der Waals surface area contributed by atoms with Crippen LogP contribution < -0.4 is 4.74 Å². The molecule has 0 radical (unpaired) electrons. The van der Waals surface area contributed by atoms with Crippen molar-refractivity contribution in [1.82, 2.24) is 9.88 Å². The molecule has 1 aliphatic rings. The van der Waals surface area contributed by atoms with Crippen LogP contribution >= 0.6 is 11.8 Å². The Balaban J connectivity index is 1.34. The van der Waals surface area contributed by atoms with Gasteiger partial charge in [-0.15, -0.1) is 11.8 Å². The number of piperidine rings is 1. The number of nitrogens with zero attached hydrogens (tertiary/aromatic N) is 2. The first-order valence-electron chi connectivity index (χ1n) is 12.0.